The summed E-state index contributed by atoms with van der Waals surface area (Å²) in [5.74, 6) is 1.15. The zero-order valence-corrected chi connectivity index (χ0v) is 19.4. The molecule has 2 nitrogen and oxygen atoms in total. The fourth-order valence-electron chi connectivity index (χ4n) is 4.96. The molecule has 3 rings (SSSR count). The molecule has 1 aromatic rings. The Bertz CT molecular complexity index is 562. The molecule has 0 aromatic heterocycles. The number of allylic oxidation sites excluding steroid dienone is 2. The number of unbranched alkanes of at least 4 members (excludes halogenated alkanes) is 1. The molecule has 2 aliphatic carbocycles. The summed E-state index contributed by atoms with van der Waals surface area (Å²) in [6.07, 6.45) is 15.0. The topological polar surface area (TPSA) is 40.5 Å². The fourth-order valence-corrected chi connectivity index (χ4v) is 4.96. The van der Waals surface area contributed by atoms with E-state index in [0.29, 0.717) is 11.8 Å². The third-order valence-corrected chi connectivity index (χ3v) is 6.49. The van der Waals surface area contributed by atoms with Crippen LogP contribution >= 0.6 is 0 Å². The van der Waals surface area contributed by atoms with Crippen molar-refractivity contribution in [3.05, 3.63) is 54.5 Å². The predicted molar refractivity (Wildman–Crippen MR) is 108 cm³/mol. The van der Waals surface area contributed by atoms with Gasteiger partial charge in [0.2, 0.25) is 0 Å². The van der Waals surface area contributed by atoms with Crippen LogP contribution in [0.15, 0.2) is 36.4 Å². The van der Waals surface area contributed by atoms with Crippen molar-refractivity contribution >= 4 is 0 Å². The molecule has 27 heavy (non-hydrogen) atoms. The molecule has 4 atom stereocenters. The van der Waals surface area contributed by atoms with Crippen LogP contribution in [0.25, 0.3) is 0 Å². The average Bonchev–Trinajstić information content (AvgIpc) is 3.06. The molecule has 4 unspecified atom stereocenters. The van der Waals surface area contributed by atoms with E-state index in [-0.39, 0.29) is 50.8 Å². The van der Waals surface area contributed by atoms with Crippen molar-refractivity contribution in [1.29, 1.82) is 0 Å². The van der Waals surface area contributed by atoms with Crippen molar-refractivity contribution in [2.24, 2.45) is 11.8 Å². The molecule has 3 heteroatoms. The maximum Gasteiger partial charge on any atom is 3.00 e. The van der Waals surface area contributed by atoms with E-state index in [1.165, 1.54) is 24.8 Å². The van der Waals surface area contributed by atoms with Gasteiger partial charge in [0.25, 0.3) is 0 Å². The van der Waals surface area contributed by atoms with Gasteiger partial charge in [-0.25, -0.2) is 0 Å². The SMILES string of the molecule is [CH2-]CC/C=C/CC1CCC(O)C1c1ccc(C(O)C2CCCCC2)cc1.[Y+3]. The van der Waals surface area contributed by atoms with Gasteiger partial charge in [-0.2, -0.15) is 6.42 Å². The van der Waals surface area contributed by atoms with Gasteiger partial charge in [-0.3, -0.25) is 0 Å². The first-order chi connectivity index (χ1) is 12.7. The Morgan fingerprint density at radius 3 is 2.37 bits per heavy atom. The predicted octanol–water partition coefficient (Wildman–Crippen LogP) is 5.71. The molecule has 0 bridgehead atoms. The summed E-state index contributed by atoms with van der Waals surface area (Å²) in [4.78, 5) is 0. The Balaban J connectivity index is 0.00000261. The average molecular weight is 444 g/mol. The van der Waals surface area contributed by atoms with Crippen molar-refractivity contribution in [2.45, 2.75) is 82.3 Å². The molecular formula is C24H35O2Y+2. The summed E-state index contributed by atoms with van der Waals surface area (Å²) in [5, 5.41) is 21.2. The van der Waals surface area contributed by atoms with Crippen LogP contribution in [0, 0.1) is 18.8 Å². The second-order valence-electron chi connectivity index (χ2n) is 8.29. The molecule has 2 fully saturated rings. The normalized spacial score (nSPS) is 27.6. The Morgan fingerprint density at radius 1 is 1.00 bits per heavy atom. The van der Waals surface area contributed by atoms with Crippen LogP contribution in [-0.4, -0.2) is 16.3 Å². The van der Waals surface area contributed by atoms with Gasteiger partial charge in [-0.05, 0) is 55.1 Å². The quantitative estimate of drug-likeness (QED) is 0.418. The van der Waals surface area contributed by atoms with Gasteiger partial charge in [-0.15, -0.1) is 0 Å². The van der Waals surface area contributed by atoms with Gasteiger partial charge in [-0.1, -0.05) is 62.1 Å². The summed E-state index contributed by atoms with van der Waals surface area (Å²) in [6, 6.07) is 8.48. The molecule has 2 aliphatic rings. The third kappa shape index (κ3) is 6.23. The van der Waals surface area contributed by atoms with Gasteiger partial charge in [0, 0.05) is 5.92 Å². The van der Waals surface area contributed by atoms with Crippen LogP contribution in [0.2, 0.25) is 0 Å². The molecule has 0 aliphatic heterocycles. The van der Waals surface area contributed by atoms with E-state index >= 15 is 0 Å². The minimum absolute atomic E-state index is 0. The summed E-state index contributed by atoms with van der Waals surface area (Å²) in [7, 11) is 0. The first-order valence-corrected chi connectivity index (χ1v) is 10.6. The Kier molecular flexibility index (Phi) is 10.2. The zero-order valence-electron chi connectivity index (χ0n) is 16.6. The maximum absolute atomic E-state index is 10.7. The molecule has 0 amide bonds. The molecule has 0 spiro atoms. The van der Waals surface area contributed by atoms with Crippen LogP contribution < -0.4 is 0 Å². The maximum atomic E-state index is 10.7. The molecule has 0 heterocycles. The van der Waals surface area contributed by atoms with Crippen molar-refractivity contribution in [3.63, 3.8) is 0 Å². The minimum Gasteiger partial charge on any atom is -0.392 e. The van der Waals surface area contributed by atoms with Crippen LogP contribution in [-0.2, 0) is 32.7 Å². The van der Waals surface area contributed by atoms with Gasteiger partial charge < -0.3 is 17.1 Å². The van der Waals surface area contributed by atoms with Gasteiger partial charge >= 0.3 is 32.7 Å². The van der Waals surface area contributed by atoms with Crippen LogP contribution in [0.3, 0.4) is 0 Å². The van der Waals surface area contributed by atoms with Gasteiger partial charge in [0.15, 0.2) is 0 Å². The van der Waals surface area contributed by atoms with Crippen molar-refractivity contribution in [3.8, 4) is 0 Å². The first kappa shape index (κ1) is 23.3. The Hall–Kier alpha value is -0.0161. The standard InChI is InChI=1S/C24H35O2.Y/c1-2-3-4-6-9-18-16-17-22(25)23(18)19-12-14-21(15-13-19)24(26)20-10-7-5-8-11-20;/h4,6,12-15,18,20,22-26H,1-3,5,7-11,16-17H2;/q-1;+3/b6-4+;. The van der Waals surface area contributed by atoms with E-state index in [1.54, 1.807) is 0 Å². The summed E-state index contributed by atoms with van der Waals surface area (Å²) in [5.41, 5.74) is 2.27. The second-order valence-corrected chi connectivity index (χ2v) is 8.29. The first-order valence-electron chi connectivity index (χ1n) is 10.6. The minimum atomic E-state index is -0.334. The number of rotatable bonds is 7. The molecule has 0 radical (unpaired) electrons. The Labute approximate surface area is 190 Å². The molecular weight excluding hydrogens is 409 g/mol. The zero-order chi connectivity index (χ0) is 18.4. The molecule has 1 aromatic carbocycles. The van der Waals surface area contributed by atoms with E-state index in [1.807, 2.05) is 0 Å². The van der Waals surface area contributed by atoms with E-state index in [4.69, 9.17) is 0 Å². The molecule has 2 N–H and O–H groups in total. The van der Waals surface area contributed by atoms with Crippen molar-refractivity contribution < 1.29 is 42.9 Å². The molecule has 0 saturated heterocycles. The number of benzene rings is 1. The third-order valence-electron chi connectivity index (χ3n) is 6.49. The summed E-state index contributed by atoms with van der Waals surface area (Å²) >= 11 is 0. The van der Waals surface area contributed by atoms with Crippen LogP contribution in [0.5, 0.6) is 0 Å². The van der Waals surface area contributed by atoms with Crippen molar-refractivity contribution in [1.82, 2.24) is 0 Å². The van der Waals surface area contributed by atoms with Crippen LogP contribution in [0.1, 0.15) is 87.4 Å². The van der Waals surface area contributed by atoms with Crippen LogP contribution in [0.4, 0.5) is 0 Å². The number of hydrogen-bond acceptors (Lipinski definition) is 2. The molecule has 2 saturated carbocycles. The number of aliphatic hydroxyl groups is 2. The van der Waals surface area contributed by atoms with E-state index in [2.05, 4.69) is 43.3 Å². The fraction of sp³-hybridized carbons (Fsp3) is 0.625. The molecule has 144 valence electrons. The Morgan fingerprint density at radius 2 is 1.70 bits per heavy atom. The summed E-state index contributed by atoms with van der Waals surface area (Å²) < 4.78 is 0. The number of aliphatic hydroxyl groups excluding tert-OH is 2. The van der Waals surface area contributed by atoms with Gasteiger partial charge in [0.1, 0.15) is 0 Å². The van der Waals surface area contributed by atoms with Crippen molar-refractivity contribution in [2.75, 3.05) is 0 Å². The second kappa shape index (κ2) is 11.9. The van der Waals surface area contributed by atoms with E-state index in [9.17, 15) is 10.2 Å². The monoisotopic (exact) mass is 444 g/mol. The van der Waals surface area contributed by atoms with E-state index in [0.717, 1.165) is 50.5 Å². The summed E-state index contributed by atoms with van der Waals surface area (Å²) in [6.45, 7) is 3.87. The van der Waals surface area contributed by atoms with E-state index < -0.39 is 0 Å². The van der Waals surface area contributed by atoms with Gasteiger partial charge in [0.05, 0.1) is 12.2 Å². The largest absolute Gasteiger partial charge is 3.00 e. The number of hydrogen-bond donors (Lipinski definition) is 2. The smallest absolute Gasteiger partial charge is 0.392 e.